The van der Waals surface area contributed by atoms with Crippen LogP contribution >= 0.6 is 0 Å². The number of rotatable bonds is 4. The third kappa shape index (κ3) is 4.57. The summed E-state index contributed by atoms with van der Waals surface area (Å²) < 4.78 is 8.14. The maximum atomic E-state index is 13.1. The van der Waals surface area contributed by atoms with E-state index in [0.29, 0.717) is 56.4 Å². The molecule has 5 heterocycles. The number of carbonyl (C=O) groups is 1. The van der Waals surface area contributed by atoms with Crippen LogP contribution in [0.25, 0.3) is 22.2 Å². The summed E-state index contributed by atoms with van der Waals surface area (Å²) in [5.74, 6) is 1.20. The van der Waals surface area contributed by atoms with Crippen LogP contribution in [0.15, 0.2) is 18.5 Å². The zero-order valence-corrected chi connectivity index (χ0v) is 22.6. The number of amides is 1. The van der Waals surface area contributed by atoms with Crippen LogP contribution in [0, 0.1) is 13.8 Å². The van der Waals surface area contributed by atoms with Crippen molar-refractivity contribution in [1.82, 2.24) is 34.4 Å². The molecule has 206 valence electrons. The highest BCUT2D eigenvalue weighted by Crippen LogP contribution is 2.44. The minimum absolute atomic E-state index is 0.0582. The number of aromatic amines is 1. The molecule has 1 aromatic carbocycles. The molecular formula is C27H35N9O3. The lowest BCUT2D eigenvalue weighted by molar-refractivity contribution is -0.201. The molecule has 2 aliphatic heterocycles. The van der Waals surface area contributed by atoms with E-state index >= 15 is 0 Å². The average Bonchev–Trinajstić information content (AvgIpc) is 3.49. The van der Waals surface area contributed by atoms with Crippen molar-refractivity contribution in [1.29, 1.82) is 0 Å². The number of carbonyl (C=O) groups excluding carboxylic acids is 1. The van der Waals surface area contributed by atoms with Crippen LogP contribution in [0.1, 0.15) is 55.6 Å². The molecule has 6 rings (SSSR count). The predicted octanol–water partition coefficient (Wildman–Crippen LogP) is 2.19. The summed E-state index contributed by atoms with van der Waals surface area (Å²) >= 11 is 0. The fourth-order valence-electron chi connectivity index (χ4n) is 5.94. The third-order valence-corrected chi connectivity index (χ3v) is 8.50. The Morgan fingerprint density at radius 1 is 1.18 bits per heavy atom. The summed E-state index contributed by atoms with van der Waals surface area (Å²) in [5, 5.41) is 11.3. The van der Waals surface area contributed by atoms with Crippen LogP contribution in [0.4, 0.5) is 11.8 Å². The Hall–Kier alpha value is -3.77. The van der Waals surface area contributed by atoms with E-state index in [1.54, 1.807) is 13.3 Å². The highest BCUT2D eigenvalue weighted by Gasteiger charge is 2.50. The minimum atomic E-state index is -1.15. The van der Waals surface area contributed by atoms with Crippen LogP contribution in [0.5, 0.6) is 0 Å². The Balaban J connectivity index is 1.12. The quantitative estimate of drug-likeness (QED) is 0.306. The van der Waals surface area contributed by atoms with E-state index in [1.165, 1.54) is 11.1 Å². The molecule has 4 aromatic rings. The number of likely N-dealkylation sites (tertiary alicyclic amines) is 1. The molecule has 12 nitrogen and oxygen atoms in total. The number of nitrogens with one attached hydrogen (secondary N) is 1. The zero-order chi connectivity index (χ0) is 27.5. The number of anilines is 2. The number of aryl methyl sites for hydroxylation is 3. The molecule has 2 fully saturated rings. The normalized spacial score (nSPS) is 23.2. The van der Waals surface area contributed by atoms with Crippen LogP contribution in [-0.2, 0) is 16.0 Å². The molecule has 0 aliphatic carbocycles. The van der Waals surface area contributed by atoms with Gasteiger partial charge in [-0.15, -0.1) is 0 Å². The molecule has 2 atom stereocenters. The van der Waals surface area contributed by atoms with E-state index in [-0.39, 0.29) is 30.3 Å². The Bertz CT molecular complexity index is 1530. The summed E-state index contributed by atoms with van der Waals surface area (Å²) in [6.45, 7) is 7.26. The van der Waals surface area contributed by atoms with Crippen molar-refractivity contribution in [2.45, 2.75) is 70.1 Å². The van der Waals surface area contributed by atoms with E-state index in [4.69, 9.17) is 16.2 Å². The number of benzene rings is 1. The monoisotopic (exact) mass is 533 g/mol. The molecule has 3 aromatic heterocycles. The topological polar surface area (TPSA) is 174 Å². The lowest BCUT2D eigenvalue weighted by Gasteiger charge is -2.51. The van der Waals surface area contributed by atoms with Crippen molar-refractivity contribution < 1.29 is 14.6 Å². The number of nitrogens with two attached hydrogens (primary N) is 2. The number of H-pyrrole nitrogens is 1. The van der Waals surface area contributed by atoms with Gasteiger partial charge in [-0.25, -0.2) is 9.97 Å². The van der Waals surface area contributed by atoms with Gasteiger partial charge in [0, 0.05) is 32.4 Å². The molecule has 0 saturated carbocycles. The number of imidazole rings is 2. The molecular weight excluding hydrogens is 498 g/mol. The van der Waals surface area contributed by atoms with Gasteiger partial charge >= 0.3 is 0 Å². The number of nitrogen functional groups attached to an aromatic ring is 2. The Kier molecular flexibility index (Phi) is 5.99. The van der Waals surface area contributed by atoms with Crippen molar-refractivity contribution >= 4 is 39.9 Å². The van der Waals surface area contributed by atoms with Gasteiger partial charge in [0.05, 0.1) is 35.6 Å². The summed E-state index contributed by atoms with van der Waals surface area (Å²) in [7, 11) is 0. The third-order valence-electron chi connectivity index (χ3n) is 8.50. The molecule has 0 radical (unpaired) electrons. The molecule has 6 N–H and O–H groups in total. The van der Waals surface area contributed by atoms with Crippen molar-refractivity contribution in [2.75, 3.05) is 31.2 Å². The molecule has 1 amide bonds. The van der Waals surface area contributed by atoms with Crippen molar-refractivity contribution in [2.24, 2.45) is 0 Å². The van der Waals surface area contributed by atoms with Gasteiger partial charge in [0.1, 0.15) is 16.9 Å². The summed E-state index contributed by atoms with van der Waals surface area (Å²) in [4.78, 5) is 35.8. The van der Waals surface area contributed by atoms with Crippen LogP contribution in [0.3, 0.4) is 0 Å². The first kappa shape index (κ1) is 25.5. The van der Waals surface area contributed by atoms with Crippen LogP contribution in [0.2, 0.25) is 0 Å². The molecule has 2 aliphatic rings. The predicted molar refractivity (Wildman–Crippen MR) is 147 cm³/mol. The van der Waals surface area contributed by atoms with E-state index in [0.717, 1.165) is 16.9 Å². The number of aliphatic hydroxyl groups is 1. The van der Waals surface area contributed by atoms with Gasteiger partial charge in [-0.1, -0.05) is 0 Å². The second-order valence-corrected chi connectivity index (χ2v) is 11.4. The second-order valence-electron chi connectivity index (χ2n) is 11.4. The van der Waals surface area contributed by atoms with E-state index in [2.05, 4.69) is 50.9 Å². The number of piperidine rings is 1. The largest absolute Gasteiger partial charge is 0.386 e. The number of ether oxygens (including phenoxy) is 1. The lowest BCUT2D eigenvalue weighted by atomic mass is 9.77. The number of hydrogen-bond donors (Lipinski definition) is 4. The van der Waals surface area contributed by atoms with E-state index in [9.17, 15) is 9.90 Å². The summed E-state index contributed by atoms with van der Waals surface area (Å²) in [5.41, 5.74) is 15.5. The molecule has 2 saturated heterocycles. The Labute approximate surface area is 225 Å². The van der Waals surface area contributed by atoms with Gasteiger partial charge in [-0.3, -0.25) is 4.79 Å². The maximum Gasteiger partial charge on any atom is 0.224 e. The van der Waals surface area contributed by atoms with Gasteiger partial charge in [0.15, 0.2) is 11.5 Å². The SMILES string of the molecule is Cc1cc2nc(CCC(=O)N3CCC4(CC3)C[C@H](n3cnc5c(N)nc(N)nc53)[C@@](C)(O)CO4)[nH]c2cc1C. The van der Waals surface area contributed by atoms with E-state index < -0.39 is 11.2 Å². The first-order valence-electron chi connectivity index (χ1n) is 13.4. The minimum Gasteiger partial charge on any atom is -0.386 e. The number of aromatic nitrogens is 6. The van der Waals surface area contributed by atoms with Crippen LogP contribution < -0.4 is 11.5 Å². The molecule has 0 unspecified atom stereocenters. The molecule has 39 heavy (non-hydrogen) atoms. The first-order valence-corrected chi connectivity index (χ1v) is 13.4. The first-order chi connectivity index (χ1) is 18.5. The summed E-state index contributed by atoms with van der Waals surface area (Å²) in [6, 6.07) is 3.83. The molecule has 1 spiro atoms. The molecule has 0 bridgehead atoms. The lowest BCUT2D eigenvalue weighted by Crippen LogP contribution is -2.57. The standard InChI is InChI=1S/C27H35N9O3/c1-15-10-17-18(11-16(15)2)32-20(31-17)4-5-21(37)35-8-6-27(7-9-35)12-19(26(3,38)13-39-27)36-14-30-22-23(28)33-25(29)34-24(22)36/h10-11,14,19,38H,4-9,12-13H2,1-3H3,(H,31,32)(H4,28,29,33,34)/t19-,26-/m0/s1. The number of fused-ring (bicyclic) bond motifs is 2. The van der Waals surface area contributed by atoms with Gasteiger partial charge in [-0.05, 0) is 56.9 Å². The highest BCUT2D eigenvalue weighted by molar-refractivity contribution is 5.83. The fraction of sp³-hybridized carbons (Fsp3) is 0.519. The Morgan fingerprint density at radius 3 is 2.69 bits per heavy atom. The summed E-state index contributed by atoms with van der Waals surface area (Å²) in [6.07, 6.45) is 4.51. The van der Waals surface area contributed by atoms with Gasteiger partial charge in [0.25, 0.3) is 0 Å². The zero-order valence-electron chi connectivity index (χ0n) is 22.6. The molecule has 12 heteroatoms. The highest BCUT2D eigenvalue weighted by atomic mass is 16.5. The van der Waals surface area contributed by atoms with Gasteiger partial charge in [0.2, 0.25) is 11.9 Å². The van der Waals surface area contributed by atoms with Gasteiger partial charge in [-0.2, -0.15) is 9.97 Å². The fourth-order valence-corrected chi connectivity index (χ4v) is 5.94. The van der Waals surface area contributed by atoms with Gasteiger partial charge < -0.3 is 35.8 Å². The van der Waals surface area contributed by atoms with Crippen molar-refractivity contribution in [3.63, 3.8) is 0 Å². The Morgan fingerprint density at radius 2 is 1.92 bits per heavy atom. The van der Waals surface area contributed by atoms with Crippen molar-refractivity contribution in [3.8, 4) is 0 Å². The number of hydrogen-bond acceptors (Lipinski definition) is 9. The van der Waals surface area contributed by atoms with Crippen LogP contribution in [-0.4, -0.2) is 76.3 Å². The second kappa shape index (κ2) is 9.16. The van der Waals surface area contributed by atoms with Crippen molar-refractivity contribution in [3.05, 3.63) is 35.4 Å². The maximum absolute atomic E-state index is 13.1. The average molecular weight is 534 g/mol. The van der Waals surface area contributed by atoms with E-state index in [1.807, 2.05) is 9.47 Å². The number of nitrogens with zero attached hydrogens (tertiary/aromatic N) is 6. The smallest absolute Gasteiger partial charge is 0.224 e.